The summed E-state index contributed by atoms with van der Waals surface area (Å²) in [5, 5.41) is 9.81. The van der Waals surface area contributed by atoms with Crippen LogP contribution in [0, 0.1) is 23.3 Å². The number of urea groups is 2. The van der Waals surface area contributed by atoms with Crippen LogP contribution in [0.2, 0.25) is 0 Å². The molecule has 18 heteroatoms. The summed E-state index contributed by atoms with van der Waals surface area (Å²) in [4.78, 5) is 24.5. The van der Waals surface area contributed by atoms with Crippen LogP contribution in [0.1, 0.15) is 12.8 Å². The lowest BCUT2D eigenvalue weighted by molar-refractivity contribution is 0.248. The van der Waals surface area contributed by atoms with Gasteiger partial charge in [-0.1, -0.05) is 12.1 Å². The van der Waals surface area contributed by atoms with E-state index in [1.165, 1.54) is 36.4 Å². The van der Waals surface area contributed by atoms with E-state index in [2.05, 4.69) is 21.3 Å². The van der Waals surface area contributed by atoms with E-state index in [-0.39, 0.29) is 58.7 Å². The number of anilines is 2. The van der Waals surface area contributed by atoms with E-state index in [1.54, 1.807) is 0 Å². The van der Waals surface area contributed by atoms with Crippen molar-refractivity contribution in [3.8, 4) is 23.0 Å². The highest BCUT2D eigenvalue weighted by atomic mass is 32.2. The number of sulfone groups is 2. The third-order valence-electron chi connectivity index (χ3n) is 6.94. The topological polar surface area (TPSA) is 169 Å². The molecular weight excluding hydrogens is 660 g/mol. The first-order chi connectivity index (χ1) is 21.7. The molecule has 3 aromatic rings. The maximum absolute atomic E-state index is 15.0. The zero-order valence-electron chi connectivity index (χ0n) is 23.6. The molecule has 0 saturated carbocycles. The van der Waals surface area contributed by atoms with Crippen LogP contribution in [-0.4, -0.2) is 64.0 Å². The largest absolute Gasteiger partial charge is 0.451 e. The van der Waals surface area contributed by atoms with Crippen LogP contribution in [0.3, 0.4) is 0 Å². The average molecular weight is 687 g/mol. The number of hydrogen-bond donors (Lipinski definition) is 4. The lowest BCUT2D eigenvalue weighted by Crippen LogP contribution is -2.38. The van der Waals surface area contributed by atoms with Crippen molar-refractivity contribution in [2.24, 2.45) is 0 Å². The molecule has 4 N–H and O–H groups in total. The van der Waals surface area contributed by atoms with Crippen molar-refractivity contribution in [2.45, 2.75) is 24.9 Å². The smallest absolute Gasteiger partial charge is 0.319 e. The van der Waals surface area contributed by atoms with Crippen molar-refractivity contribution >= 4 is 43.1 Å². The van der Waals surface area contributed by atoms with E-state index in [0.717, 1.165) is 12.1 Å². The third-order valence-corrected chi connectivity index (χ3v) is 10.5. The first-order valence-corrected chi connectivity index (χ1v) is 17.3. The standard InChI is InChI=1S/C28H26F4N4O8S2/c29-21-23(31)26(44-20-6-2-4-16(12-20)34-28(38)36-18-8-10-46(41,42)14-18)24(32)22(30)25(21)43-19-5-1-3-15(11-19)33-27(37)35-17-7-9-45(39,40)13-17/h1-6,11-12,17-18H,7-10,13-14H2,(H2,33,35,37)(H2,34,36,38). The summed E-state index contributed by atoms with van der Waals surface area (Å²) in [6.07, 6.45) is 0.480. The van der Waals surface area contributed by atoms with Crippen LogP contribution in [0.15, 0.2) is 48.5 Å². The van der Waals surface area contributed by atoms with Crippen molar-refractivity contribution in [3.63, 3.8) is 0 Å². The summed E-state index contributed by atoms with van der Waals surface area (Å²) in [7, 11) is -6.48. The van der Waals surface area contributed by atoms with E-state index in [4.69, 9.17) is 9.47 Å². The van der Waals surface area contributed by atoms with Crippen LogP contribution >= 0.6 is 0 Å². The Balaban J connectivity index is 1.25. The summed E-state index contributed by atoms with van der Waals surface area (Å²) in [6, 6.07) is 7.35. The quantitative estimate of drug-likeness (QED) is 0.199. The van der Waals surface area contributed by atoms with Gasteiger partial charge in [0.05, 0.1) is 23.0 Å². The van der Waals surface area contributed by atoms with Gasteiger partial charge in [-0.3, -0.25) is 0 Å². The van der Waals surface area contributed by atoms with Gasteiger partial charge in [-0.05, 0) is 37.1 Å². The summed E-state index contributed by atoms with van der Waals surface area (Å²) < 4.78 is 116. The Kier molecular flexibility index (Phi) is 9.29. The molecule has 0 bridgehead atoms. The Bertz CT molecular complexity index is 1750. The predicted molar refractivity (Wildman–Crippen MR) is 158 cm³/mol. The molecule has 0 aliphatic carbocycles. The van der Waals surface area contributed by atoms with E-state index in [9.17, 15) is 44.0 Å². The number of hydrogen-bond acceptors (Lipinski definition) is 8. The molecule has 0 spiro atoms. The number of carbonyl (C=O) groups excluding carboxylic acids is 2. The van der Waals surface area contributed by atoms with E-state index >= 15 is 0 Å². The monoisotopic (exact) mass is 686 g/mol. The fourth-order valence-electron chi connectivity index (χ4n) is 4.80. The van der Waals surface area contributed by atoms with Gasteiger partial charge in [-0.25, -0.2) is 26.4 Å². The van der Waals surface area contributed by atoms with Crippen LogP contribution in [0.25, 0.3) is 0 Å². The summed E-state index contributed by atoms with van der Waals surface area (Å²) in [5.41, 5.74) is 0.126. The number of nitrogens with one attached hydrogen (secondary N) is 4. The molecular formula is C28H26F4N4O8S2. The first kappa shape index (κ1) is 32.8. The summed E-state index contributed by atoms with van der Waals surface area (Å²) in [6.45, 7) is 0. The van der Waals surface area contributed by atoms with Crippen molar-refractivity contribution < 1.29 is 53.5 Å². The number of rotatable bonds is 8. The Hall–Kier alpha value is -4.58. The number of halogens is 4. The second kappa shape index (κ2) is 13.0. The highest BCUT2D eigenvalue weighted by molar-refractivity contribution is 7.91. The molecule has 0 radical (unpaired) electrons. The van der Waals surface area contributed by atoms with Gasteiger partial charge in [-0.2, -0.15) is 17.6 Å². The summed E-state index contributed by atoms with van der Waals surface area (Å²) >= 11 is 0. The molecule has 12 nitrogen and oxygen atoms in total. The van der Waals surface area contributed by atoms with Crippen LogP contribution in [-0.2, 0) is 19.7 Å². The summed E-state index contributed by atoms with van der Waals surface area (Å²) in [5.74, 6) is -11.7. The minimum Gasteiger partial charge on any atom is -0.451 e. The van der Waals surface area contributed by atoms with Crippen molar-refractivity contribution in [1.29, 1.82) is 0 Å². The van der Waals surface area contributed by atoms with Gasteiger partial charge in [0.1, 0.15) is 11.5 Å². The minimum absolute atomic E-state index is 0.0602. The Morgan fingerprint density at radius 1 is 0.630 bits per heavy atom. The maximum atomic E-state index is 15.0. The highest BCUT2D eigenvalue weighted by Gasteiger charge is 2.31. The van der Waals surface area contributed by atoms with Crippen molar-refractivity contribution in [1.82, 2.24) is 10.6 Å². The Labute approximate surface area is 260 Å². The lowest BCUT2D eigenvalue weighted by Gasteiger charge is -2.15. The van der Waals surface area contributed by atoms with Crippen LogP contribution in [0.5, 0.6) is 23.0 Å². The molecule has 3 aromatic carbocycles. The molecule has 2 heterocycles. The Morgan fingerprint density at radius 2 is 1.00 bits per heavy atom. The van der Waals surface area contributed by atoms with E-state index < -0.39 is 78.6 Å². The third kappa shape index (κ3) is 7.97. The molecule has 5 rings (SSSR count). The fraction of sp³-hybridized carbons (Fsp3) is 0.286. The molecule has 2 aliphatic rings. The number of benzene rings is 3. The molecule has 4 amide bonds. The second-order valence-corrected chi connectivity index (χ2v) is 15.0. The maximum Gasteiger partial charge on any atom is 0.319 e. The van der Waals surface area contributed by atoms with Crippen molar-refractivity contribution in [3.05, 3.63) is 71.8 Å². The van der Waals surface area contributed by atoms with Crippen LogP contribution in [0.4, 0.5) is 38.5 Å². The van der Waals surface area contributed by atoms with Gasteiger partial charge < -0.3 is 30.7 Å². The van der Waals surface area contributed by atoms with Gasteiger partial charge in [0.15, 0.2) is 19.7 Å². The van der Waals surface area contributed by atoms with Gasteiger partial charge >= 0.3 is 12.1 Å². The van der Waals surface area contributed by atoms with E-state index in [0.29, 0.717) is 0 Å². The van der Waals surface area contributed by atoms with Gasteiger partial charge in [-0.15, -0.1) is 0 Å². The average Bonchev–Trinajstić information content (AvgIpc) is 3.51. The molecule has 2 atom stereocenters. The molecule has 2 fully saturated rings. The molecule has 2 saturated heterocycles. The fourth-order valence-corrected chi connectivity index (χ4v) is 8.15. The van der Waals surface area contributed by atoms with Gasteiger partial charge in [0.2, 0.25) is 34.8 Å². The predicted octanol–water partition coefficient (Wildman–Crippen LogP) is 4.44. The minimum atomic E-state index is -3.24. The molecule has 246 valence electrons. The van der Waals surface area contributed by atoms with Crippen molar-refractivity contribution in [2.75, 3.05) is 33.6 Å². The van der Waals surface area contributed by atoms with Gasteiger partial charge in [0.25, 0.3) is 0 Å². The molecule has 2 aliphatic heterocycles. The van der Waals surface area contributed by atoms with Gasteiger partial charge in [0, 0.05) is 35.6 Å². The number of ether oxygens (including phenoxy) is 2. The van der Waals surface area contributed by atoms with E-state index in [1.807, 2.05) is 0 Å². The lowest BCUT2D eigenvalue weighted by atomic mass is 10.2. The molecule has 0 aromatic heterocycles. The molecule has 46 heavy (non-hydrogen) atoms. The highest BCUT2D eigenvalue weighted by Crippen LogP contribution is 2.39. The van der Waals surface area contributed by atoms with Crippen LogP contribution < -0.4 is 30.7 Å². The molecule has 2 unspecified atom stereocenters. The normalized spacial score (nSPS) is 19.7. The number of carbonyl (C=O) groups is 2. The first-order valence-electron chi connectivity index (χ1n) is 13.7. The SMILES string of the molecule is O=C(Nc1cccc(Oc2c(F)c(F)c(Oc3cccc(NC(=O)NC4CCS(=O)(=O)C4)c3)c(F)c2F)c1)NC1CCS(=O)(=O)C1. The Morgan fingerprint density at radius 3 is 1.33 bits per heavy atom. The number of amides is 4. The zero-order valence-corrected chi connectivity index (χ0v) is 25.2. The second-order valence-electron chi connectivity index (χ2n) is 10.6. The zero-order chi connectivity index (χ0) is 33.2.